The average molecular weight is 354 g/mol. The Morgan fingerprint density at radius 3 is 2.20 bits per heavy atom. The normalized spacial score (nSPS) is 12.7. The van der Waals surface area contributed by atoms with Gasteiger partial charge in [0.2, 0.25) is 5.91 Å². The molecule has 8 heteroatoms. The number of carbonyl (C=O) groups excluding carboxylic acids is 2. The van der Waals surface area contributed by atoms with Crippen LogP contribution in [-0.4, -0.2) is 17.9 Å². The zero-order chi connectivity index (χ0) is 18.6. The largest absolute Gasteiger partial charge is 0.459 e. The Balaban J connectivity index is 2.06. The van der Waals surface area contributed by atoms with Crippen LogP contribution in [0.4, 0.5) is 18.9 Å². The second-order valence-electron chi connectivity index (χ2n) is 5.74. The van der Waals surface area contributed by atoms with Crippen LogP contribution in [-0.2, 0) is 11.0 Å². The minimum Gasteiger partial charge on any atom is -0.459 e. The van der Waals surface area contributed by atoms with Gasteiger partial charge in [-0.05, 0) is 42.3 Å². The fraction of sp³-hybridized carbons (Fsp3) is 0.294. The minimum atomic E-state index is -4.44. The average Bonchev–Trinajstić information content (AvgIpc) is 3.06. The molecular formula is C17H17F3N2O3. The second-order valence-corrected chi connectivity index (χ2v) is 5.74. The van der Waals surface area contributed by atoms with E-state index < -0.39 is 29.6 Å². The van der Waals surface area contributed by atoms with E-state index in [1.165, 1.54) is 12.3 Å². The third-order valence-electron chi connectivity index (χ3n) is 3.46. The van der Waals surface area contributed by atoms with Crippen LogP contribution in [0.5, 0.6) is 0 Å². The predicted molar refractivity (Wildman–Crippen MR) is 84.9 cm³/mol. The van der Waals surface area contributed by atoms with E-state index >= 15 is 0 Å². The minimum absolute atomic E-state index is 0.0629. The molecule has 2 aromatic rings. The predicted octanol–water partition coefficient (Wildman–Crippen LogP) is 3.69. The molecule has 134 valence electrons. The van der Waals surface area contributed by atoms with E-state index in [9.17, 15) is 22.8 Å². The Morgan fingerprint density at radius 2 is 1.72 bits per heavy atom. The Bertz CT molecular complexity index is 723. The van der Waals surface area contributed by atoms with Crippen molar-refractivity contribution in [1.29, 1.82) is 0 Å². The number of rotatable bonds is 5. The first-order chi connectivity index (χ1) is 11.7. The van der Waals surface area contributed by atoms with E-state index in [4.69, 9.17) is 4.42 Å². The van der Waals surface area contributed by atoms with Crippen LogP contribution in [0.1, 0.15) is 30.0 Å². The molecule has 0 radical (unpaired) electrons. The van der Waals surface area contributed by atoms with E-state index in [1.807, 2.05) is 0 Å². The number of furan rings is 1. The Labute approximate surface area is 142 Å². The molecule has 2 rings (SSSR count). The van der Waals surface area contributed by atoms with Gasteiger partial charge in [0, 0.05) is 5.69 Å². The number of nitrogens with one attached hydrogen (secondary N) is 2. The maximum atomic E-state index is 12.6. The van der Waals surface area contributed by atoms with Crippen molar-refractivity contribution in [3.8, 4) is 0 Å². The monoisotopic (exact) mass is 354 g/mol. The molecule has 0 bridgehead atoms. The number of hydrogen-bond donors (Lipinski definition) is 2. The Kier molecular flexibility index (Phi) is 5.51. The second kappa shape index (κ2) is 7.42. The van der Waals surface area contributed by atoms with E-state index in [0.717, 1.165) is 24.3 Å². The molecule has 1 aromatic heterocycles. The number of carbonyl (C=O) groups is 2. The number of alkyl halides is 3. The lowest BCUT2D eigenvalue weighted by atomic mass is 10.0. The van der Waals surface area contributed by atoms with Gasteiger partial charge in [-0.1, -0.05) is 13.8 Å². The SMILES string of the molecule is CC(C)[C@@H](NC(=O)c1ccco1)C(=O)Nc1ccc(C(F)(F)F)cc1. The molecule has 0 fully saturated rings. The Hall–Kier alpha value is -2.77. The van der Waals surface area contributed by atoms with Gasteiger partial charge in [0.1, 0.15) is 6.04 Å². The molecule has 2 N–H and O–H groups in total. The summed E-state index contributed by atoms with van der Waals surface area (Å²) in [5.41, 5.74) is -0.604. The summed E-state index contributed by atoms with van der Waals surface area (Å²) in [4.78, 5) is 24.4. The van der Waals surface area contributed by atoms with Crippen molar-refractivity contribution < 1.29 is 27.2 Å². The molecule has 1 atom stereocenters. The van der Waals surface area contributed by atoms with Gasteiger partial charge in [-0.3, -0.25) is 9.59 Å². The lowest BCUT2D eigenvalue weighted by Gasteiger charge is -2.21. The zero-order valence-electron chi connectivity index (χ0n) is 13.6. The maximum Gasteiger partial charge on any atom is 0.416 e. The first-order valence-corrected chi connectivity index (χ1v) is 7.51. The number of amides is 2. The molecule has 0 aliphatic heterocycles. The quantitative estimate of drug-likeness (QED) is 0.860. The van der Waals surface area contributed by atoms with Gasteiger partial charge in [-0.15, -0.1) is 0 Å². The topological polar surface area (TPSA) is 71.3 Å². The molecule has 0 aliphatic rings. The number of halogens is 3. The highest BCUT2D eigenvalue weighted by Crippen LogP contribution is 2.29. The van der Waals surface area contributed by atoms with E-state index in [-0.39, 0.29) is 17.4 Å². The van der Waals surface area contributed by atoms with Gasteiger partial charge in [0.05, 0.1) is 11.8 Å². The van der Waals surface area contributed by atoms with Crippen LogP contribution < -0.4 is 10.6 Å². The van der Waals surface area contributed by atoms with Crippen molar-refractivity contribution >= 4 is 17.5 Å². The van der Waals surface area contributed by atoms with Crippen molar-refractivity contribution in [3.05, 3.63) is 54.0 Å². The lowest BCUT2D eigenvalue weighted by Crippen LogP contribution is -2.47. The van der Waals surface area contributed by atoms with Crippen molar-refractivity contribution in [2.45, 2.75) is 26.1 Å². The molecule has 0 saturated heterocycles. The fourth-order valence-electron chi connectivity index (χ4n) is 2.12. The van der Waals surface area contributed by atoms with Gasteiger partial charge in [-0.25, -0.2) is 0 Å². The van der Waals surface area contributed by atoms with Gasteiger partial charge in [-0.2, -0.15) is 13.2 Å². The summed E-state index contributed by atoms with van der Waals surface area (Å²) in [5.74, 6) is -1.26. The van der Waals surface area contributed by atoms with Crippen LogP contribution >= 0.6 is 0 Å². The van der Waals surface area contributed by atoms with Crippen molar-refractivity contribution in [2.24, 2.45) is 5.92 Å². The van der Waals surface area contributed by atoms with Crippen molar-refractivity contribution in [1.82, 2.24) is 5.32 Å². The summed E-state index contributed by atoms with van der Waals surface area (Å²) in [6.45, 7) is 3.47. The highest BCUT2D eigenvalue weighted by Gasteiger charge is 2.30. The summed E-state index contributed by atoms with van der Waals surface area (Å²) < 4.78 is 42.6. The van der Waals surface area contributed by atoms with Gasteiger partial charge >= 0.3 is 6.18 Å². The molecular weight excluding hydrogens is 337 g/mol. The van der Waals surface area contributed by atoms with Crippen LogP contribution in [0.25, 0.3) is 0 Å². The van der Waals surface area contributed by atoms with Crippen molar-refractivity contribution in [2.75, 3.05) is 5.32 Å². The Morgan fingerprint density at radius 1 is 1.08 bits per heavy atom. The van der Waals surface area contributed by atoms with Crippen LogP contribution in [0.15, 0.2) is 47.1 Å². The molecule has 25 heavy (non-hydrogen) atoms. The zero-order valence-corrected chi connectivity index (χ0v) is 13.6. The third-order valence-corrected chi connectivity index (χ3v) is 3.46. The molecule has 0 saturated carbocycles. The molecule has 1 heterocycles. The summed E-state index contributed by atoms with van der Waals surface area (Å²) in [6, 6.07) is 6.20. The first-order valence-electron chi connectivity index (χ1n) is 7.51. The van der Waals surface area contributed by atoms with Gasteiger partial charge in [0.25, 0.3) is 5.91 Å². The molecule has 0 aliphatic carbocycles. The molecule has 2 amide bonds. The van der Waals surface area contributed by atoms with E-state index in [0.29, 0.717) is 0 Å². The summed E-state index contributed by atoms with van der Waals surface area (Å²) in [6.07, 6.45) is -3.11. The summed E-state index contributed by atoms with van der Waals surface area (Å²) in [5, 5.41) is 5.05. The van der Waals surface area contributed by atoms with Gasteiger partial charge in [0.15, 0.2) is 5.76 Å². The standard InChI is InChI=1S/C17H17F3N2O3/c1-10(2)14(22-15(23)13-4-3-9-25-13)16(24)21-12-7-5-11(6-8-12)17(18,19)20/h3-10,14H,1-2H3,(H,21,24)(H,22,23)/t14-/m1/s1. The molecule has 0 unspecified atom stereocenters. The molecule has 1 aromatic carbocycles. The fourth-order valence-corrected chi connectivity index (χ4v) is 2.12. The van der Waals surface area contributed by atoms with E-state index in [1.54, 1.807) is 19.9 Å². The van der Waals surface area contributed by atoms with Crippen LogP contribution in [0.2, 0.25) is 0 Å². The number of hydrogen-bond acceptors (Lipinski definition) is 3. The van der Waals surface area contributed by atoms with Crippen LogP contribution in [0, 0.1) is 5.92 Å². The molecule has 0 spiro atoms. The highest BCUT2D eigenvalue weighted by atomic mass is 19.4. The smallest absolute Gasteiger partial charge is 0.416 e. The highest BCUT2D eigenvalue weighted by molar-refractivity contribution is 6.00. The number of anilines is 1. The first kappa shape index (κ1) is 18.6. The summed E-state index contributed by atoms with van der Waals surface area (Å²) >= 11 is 0. The van der Waals surface area contributed by atoms with Gasteiger partial charge < -0.3 is 15.1 Å². The van der Waals surface area contributed by atoms with E-state index in [2.05, 4.69) is 10.6 Å². The number of benzene rings is 1. The lowest BCUT2D eigenvalue weighted by molar-refractivity contribution is -0.137. The van der Waals surface area contributed by atoms with Crippen molar-refractivity contribution in [3.63, 3.8) is 0 Å². The maximum absolute atomic E-state index is 12.6. The molecule has 5 nitrogen and oxygen atoms in total. The van der Waals surface area contributed by atoms with Crippen LogP contribution in [0.3, 0.4) is 0 Å². The summed E-state index contributed by atoms with van der Waals surface area (Å²) in [7, 11) is 0. The third kappa shape index (κ3) is 4.85.